The number of hydrogen-bond donors (Lipinski definition) is 1. The van der Waals surface area contributed by atoms with Crippen LogP contribution >= 0.6 is 0 Å². The Kier molecular flexibility index (Phi) is 7.59. The fourth-order valence-corrected chi connectivity index (χ4v) is 3.12. The molecule has 3 rings (SSSR count). The van der Waals surface area contributed by atoms with E-state index in [0.717, 1.165) is 23.3 Å². The second-order valence-corrected chi connectivity index (χ2v) is 7.38. The van der Waals surface area contributed by atoms with Crippen LogP contribution < -0.4 is 14.8 Å². The van der Waals surface area contributed by atoms with Gasteiger partial charge >= 0.3 is 6.18 Å². The van der Waals surface area contributed by atoms with Crippen LogP contribution in [-0.4, -0.2) is 13.0 Å². The first kappa shape index (κ1) is 24.4. The summed E-state index contributed by atoms with van der Waals surface area (Å²) in [5.74, 6) is 0.0473. The van der Waals surface area contributed by atoms with E-state index in [1.165, 1.54) is 25.3 Å². The monoisotopic (exact) mass is 466 g/mol. The number of carbonyl (C=O) groups excluding carboxylic acids is 1. The summed E-state index contributed by atoms with van der Waals surface area (Å²) in [5, 5.41) is 11.9. The highest BCUT2D eigenvalue weighted by molar-refractivity contribution is 6.09. The third kappa shape index (κ3) is 6.39. The van der Waals surface area contributed by atoms with E-state index in [0.29, 0.717) is 17.1 Å². The zero-order valence-corrected chi connectivity index (χ0v) is 18.4. The lowest BCUT2D eigenvalue weighted by atomic mass is 10.1. The maximum absolute atomic E-state index is 12.9. The molecule has 0 aliphatic carbocycles. The zero-order chi connectivity index (χ0) is 24.7. The van der Waals surface area contributed by atoms with E-state index in [2.05, 4.69) is 5.32 Å². The molecule has 3 aromatic rings. The molecule has 0 spiro atoms. The van der Waals surface area contributed by atoms with E-state index in [4.69, 9.17) is 9.47 Å². The molecule has 1 N–H and O–H groups in total. The summed E-state index contributed by atoms with van der Waals surface area (Å²) in [4.78, 5) is 12.6. The number of methoxy groups -OCH3 is 1. The molecule has 34 heavy (non-hydrogen) atoms. The number of hydrogen-bond acceptors (Lipinski definition) is 4. The molecule has 1 amide bonds. The highest BCUT2D eigenvalue weighted by atomic mass is 19.4. The molecule has 5 nitrogen and oxygen atoms in total. The molecule has 0 unspecified atom stereocenters. The summed E-state index contributed by atoms with van der Waals surface area (Å²) in [7, 11) is 1.50. The predicted molar refractivity (Wildman–Crippen MR) is 122 cm³/mol. The number of nitrogens with zero attached hydrogens (tertiary/aromatic N) is 1. The van der Waals surface area contributed by atoms with Gasteiger partial charge in [0.25, 0.3) is 5.91 Å². The Bertz CT molecular complexity index is 1260. The summed E-state index contributed by atoms with van der Waals surface area (Å²) in [5.41, 5.74) is 1.15. The van der Waals surface area contributed by atoms with Crippen molar-refractivity contribution < 1.29 is 27.4 Å². The predicted octanol–water partition coefficient (Wildman–Crippen LogP) is 6.15. The average Bonchev–Trinajstić information content (AvgIpc) is 2.81. The lowest BCUT2D eigenvalue weighted by Crippen LogP contribution is -2.14. The van der Waals surface area contributed by atoms with Gasteiger partial charge in [-0.3, -0.25) is 4.79 Å². The number of amides is 1. The van der Waals surface area contributed by atoms with Crippen LogP contribution in [-0.2, 0) is 17.6 Å². The highest BCUT2D eigenvalue weighted by Gasteiger charge is 2.30. The van der Waals surface area contributed by atoms with Gasteiger partial charge in [-0.05, 0) is 48.9 Å². The molecule has 0 aliphatic heterocycles. The van der Waals surface area contributed by atoms with E-state index in [1.807, 2.05) is 31.2 Å². The molecule has 0 heterocycles. The molecule has 0 aromatic heterocycles. The SMILES string of the molecule is COc1ccc(/C=C(\C#N)C(=O)Nc2cccc(C(F)(F)F)c2)c(OCc2cccc(C)c2)c1. The van der Waals surface area contributed by atoms with Crippen molar-refractivity contribution in [1.29, 1.82) is 5.26 Å². The lowest BCUT2D eigenvalue weighted by Gasteiger charge is -2.12. The van der Waals surface area contributed by atoms with Gasteiger partial charge in [0, 0.05) is 17.3 Å². The van der Waals surface area contributed by atoms with Gasteiger partial charge in [0.15, 0.2) is 0 Å². The van der Waals surface area contributed by atoms with Crippen molar-refractivity contribution in [2.45, 2.75) is 19.7 Å². The van der Waals surface area contributed by atoms with Crippen molar-refractivity contribution in [2.24, 2.45) is 0 Å². The van der Waals surface area contributed by atoms with Crippen molar-refractivity contribution >= 4 is 17.7 Å². The largest absolute Gasteiger partial charge is 0.497 e. The van der Waals surface area contributed by atoms with Crippen molar-refractivity contribution in [2.75, 3.05) is 12.4 Å². The normalized spacial score (nSPS) is 11.5. The first-order valence-electron chi connectivity index (χ1n) is 10.2. The van der Waals surface area contributed by atoms with Crippen LogP contribution in [0, 0.1) is 18.3 Å². The van der Waals surface area contributed by atoms with Crippen LogP contribution in [0.25, 0.3) is 6.08 Å². The van der Waals surface area contributed by atoms with Crippen molar-refractivity contribution in [1.82, 2.24) is 0 Å². The van der Waals surface area contributed by atoms with Crippen LogP contribution in [0.5, 0.6) is 11.5 Å². The van der Waals surface area contributed by atoms with Gasteiger partial charge in [0.1, 0.15) is 29.7 Å². The second-order valence-electron chi connectivity index (χ2n) is 7.38. The Labute approximate surface area is 195 Å². The van der Waals surface area contributed by atoms with Gasteiger partial charge in [-0.25, -0.2) is 0 Å². The number of rotatable bonds is 7. The fourth-order valence-electron chi connectivity index (χ4n) is 3.12. The van der Waals surface area contributed by atoms with Crippen LogP contribution in [0.2, 0.25) is 0 Å². The van der Waals surface area contributed by atoms with E-state index >= 15 is 0 Å². The average molecular weight is 466 g/mol. The summed E-state index contributed by atoms with van der Waals surface area (Å²) in [6, 6.07) is 18.6. The summed E-state index contributed by atoms with van der Waals surface area (Å²) >= 11 is 0. The van der Waals surface area contributed by atoms with Crippen molar-refractivity contribution in [3.05, 3.63) is 94.6 Å². The fraction of sp³-hybridized carbons (Fsp3) is 0.154. The molecule has 3 aromatic carbocycles. The topological polar surface area (TPSA) is 71.3 Å². The Hall–Kier alpha value is -4.25. The molecule has 0 radical (unpaired) electrons. The second kappa shape index (κ2) is 10.6. The molecular weight excluding hydrogens is 445 g/mol. The van der Waals surface area contributed by atoms with E-state index in [9.17, 15) is 23.2 Å². The Morgan fingerprint density at radius 1 is 1.09 bits per heavy atom. The number of aryl methyl sites for hydroxylation is 1. The van der Waals surface area contributed by atoms with Gasteiger partial charge in [0.05, 0.1) is 12.7 Å². The maximum Gasteiger partial charge on any atom is 0.416 e. The Morgan fingerprint density at radius 3 is 2.53 bits per heavy atom. The quantitative estimate of drug-likeness (QED) is 0.335. The van der Waals surface area contributed by atoms with Crippen molar-refractivity contribution in [3.63, 3.8) is 0 Å². The van der Waals surface area contributed by atoms with Crippen molar-refractivity contribution in [3.8, 4) is 17.6 Å². The summed E-state index contributed by atoms with van der Waals surface area (Å²) in [6.07, 6.45) is -3.24. The van der Waals surface area contributed by atoms with Gasteiger partial charge in [0.2, 0.25) is 0 Å². The number of nitriles is 1. The molecule has 8 heteroatoms. The lowest BCUT2D eigenvalue weighted by molar-refractivity contribution is -0.137. The van der Waals surface area contributed by atoms with Crippen LogP contribution in [0.3, 0.4) is 0 Å². The number of halogens is 3. The van der Waals surface area contributed by atoms with Gasteiger partial charge in [-0.1, -0.05) is 35.9 Å². The third-order valence-electron chi connectivity index (χ3n) is 4.81. The summed E-state index contributed by atoms with van der Waals surface area (Å²) < 4.78 is 50.0. The summed E-state index contributed by atoms with van der Waals surface area (Å²) in [6.45, 7) is 2.21. The minimum absolute atomic E-state index is 0.0772. The van der Waals surface area contributed by atoms with E-state index in [-0.39, 0.29) is 17.9 Å². The van der Waals surface area contributed by atoms with E-state index < -0.39 is 17.6 Å². The molecule has 0 aliphatic rings. The minimum atomic E-state index is -4.55. The maximum atomic E-state index is 12.9. The molecule has 0 bridgehead atoms. The molecule has 174 valence electrons. The number of nitrogens with one attached hydrogen (secondary N) is 1. The Morgan fingerprint density at radius 2 is 1.85 bits per heavy atom. The van der Waals surface area contributed by atoms with Gasteiger partial charge < -0.3 is 14.8 Å². The van der Waals surface area contributed by atoms with Gasteiger partial charge in [-0.15, -0.1) is 0 Å². The van der Waals surface area contributed by atoms with Crippen LogP contribution in [0.4, 0.5) is 18.9 Å². The van der Waals surface area contributed by atoms with Gasteiger partial charge in [-0.2, -0.15) is 18.4 Å². The number of benzene rings is 3. The number of ether oxygens (including phenoxy) is 2. The minimum Gasteiger partial charge on any atom is -0.497 e. The number of alkyl halides is 3. The molecule has 0 fully saturated rings. The third-order valence-corrected chi connectivity index (χ3v) is 4.81. The Balaban J connectivity index is 1.86. The number of anilines is 1. The molecule has 0 saturated carbocycles. The number of carbonyl (C=O) groups is 1. The first-order valence-corrected chi connectivity index (χ1v) is 10.2. The van der Waals surface area contributed by atoms with Crippen LogP contribution in [0.15, 0.2) is 72.3 Å². The van der Waals surface area contributed by atoms with Crippen LogP contribution in [0.1, 0.15) is 22.3 Å². The first-order chi connectivity index (χ1) is 16.2. The van der Waals surface area contributed by atoms with E-state index in [1.54, 1.807) is 24.3 Å². The molecule has 0 atom stereocenters. The highest BCUT2D eigenvalue weighted by Crippen LogP contribution is 2.31. The zero-order valence-electron chi connectivity index (χ0n) is 18.4. The smallest absolute Gasteiger partial charge is 0.416 e. The molecule has 0 saturated heterocycles. The standard InChI is InChI=1S/C26H21F3N2O3/c1-17-5-3-6-18(11-17)16-34-24-14-23(33-2)10-9-19(24)12-20(15-30)25(32)31-22-8-4-7-21(13-22)26(27,28)29/h3-14H,16H2,1-2H3,(H,31,32)/b20-12+. The molecular formula is C26H21F3N2O3.